The van der Waals surface area contributed by atoms with Gasteiger partial charge in [0.15, 0.2) is 0 Å². The van der Waals surface area contributed by atoms with Crippen LogP contribution in [0, 0.1) is 0 Å². The van der Waals surface area contributed by atoms with E-state index in [0.717, 1.165) is 0 Å². The average molecular weight is 222 g/mol. The average Bonchev–Trinajstić information content (AvgIpc) is 2.03. The molecule has 0 fully saturated rings. The molecule has 0 radical (unpaired) electrons. The lowest BCUT2D eigenvalue weighted by Crippen LogP contribution is -2.06. The highest BCUT2D eigenvalue weighted by molar-refractivity contribution is 6.32. The molecule has 78 valence electrons. The first kappa shape index (κ1) is 12.5. The molecule has 4 nitrogen and oxygen atoms in total. The molecule has 0 spiro atoms. The molecule has 0 heterocycles. The van der Waals surface area contributed by atoms with Crippen molar-refractivity contribution in [2.24, 2.45) is 0 Å². The molecule has 0 aliphatic carbocycles. The SMILES string of the molecule is COc1ccc(NC(=O)O)cc1Cl.F. The minimum Gasteiger partial charge on any atom is -0.495 e. The molecule has 14 heavy (non-hydrogen) atoms. The van der Waals surface area contributed by atoms with Gasteiger partial charge in [0, 0.05) is 5.69 Å². The summed E-state index contributed by atoms with van der Waals surface area (Å²) < 4.78 is 4.90. The Morgan fingerprint density at radius 1 is 1.57 bits per heavy atom. The van der Waals surface area contributed by atoms with Crippen LogP contribution in [0.5, 0.6) is 5.75 Å². The smallest absolute Gasteiger partial charge is 0.409 e. The van der Waals surface area contributed by atoms with Gasteiger partial charge in [-0.2, -0.15) is 0 Å². The van der Waals surface area contributed by atoms with Crippen LogP contribution in [0.25, 0.3) is 0 Å². The van der Waals surface area contributed by atoms with Gasteiger partial charge in [-0.3, -0.25) is 10.0 Å². The largest absolute Gasteiger partial charge is 0.495 e. The highest BCUT2D eigenvalue weighted by Gasteiger charge is 2.03. The van der Waals surface area contributed by atoms with Gasteiger partial charge < -0.3 is 9.84 Å². The van der Waals surface area contributed by atoms with Crippen molar-refractivity contribution in [3.05, 3.63) is 23.2 Å². The van der Waals surface area contributed by atoms with E-state index in [9.17, 15) is 4.79 Å². The van der Waals surface area contributed by atoms with Crippen LogP contribution in [-0.4, -0.2) is 18.3 Å². The summed E-state index contributed by atoms with van der Waals surface area (Å²) in [5.41, 5.74) is 0.415. The summed E-state index contributed by atoms with van der Waals surface area (Å²) in [4.78, 5) is 10.2. The number of rotatable bonds is 2. The van der Waals surface area contributed by atoms with Crippen LogP contribution in [0.1, 0.15) is 0 Å². The van der Waals surface area contributed by atoms with E-state index in [0.29, 0.717) is 16.5 Å². The predicted molar refractivity (Wildman–Crippen MR) is 52.2 cm³/mol. The van der Waals surface area contributed by atoms with Crippen LogP contribution < -0.4 is 10.1 Å². The zero-order valence-electron chi connectivity index (χ0n) is 7.28. The summed E-state index contributed by atoms with van der Waals surface area (Å²) in [6.45, 7) is 0. The number of hydrogen-bond acceptors (Lipinski definition) is 2. The van der Waals surface area contributed by atoms with Crippen LogP contribution in [0.2, 0.25) is 5.02 Å². The molecule has 0 aliphatic rings. The molecule has 1 amide bonds. The van der Waals surface area contributed by atoms with Crippen molar-refractivity contribution in [2.75, 3.05) is 12.4 Å². The number of halogens is 2. The fourth-order valence-corrected chi connectivity index (χ4v) is 1.13. The number of nitrogens with one attached hydrogen (secondary N) is 1. The molecule has 0 unspecified atom stereocenters. The number of ether oxygens (including phenoxy) is 1. The second kappa shape index (κ2) is 5.29. The molecule has 1 aromatic rings. The highest BCUT2D eigenvalue weighted by atomic mass is 35.5. The van der Waals surface area contributed by atoms with Crippen LogP contribution in [0.3, 0.4) is 0 Å². The van der Waals surface area contributed by atoms with E-state index in [1.807, 2.05) is 0 Å². The van der Waals surface area contributed by atoms with Gasteiger partial charge in [-0.1, -0.05) is 11.6 Å². The molecule has 1 aromatic carbocycles. The second-order valence-electron chi connectivity index (χ2n) is 2.28. The lowest BCUT2D eigenvalue weighted by Gasteiger charge is -2.05. The molecule has 0 atom stereocenters. The van der Waals surface area contributed by atoms with E-state index in [1.165, 1.54) is 13.2 Å². The highest BCUT2D eigenvalue weighted by Crippen LogP contribution is 2.26. The van der Waals surface area contributed by atoms with Gasteiger partial charge in [0.25, 0.3) is 0 Å². The van der Waals surface area contributed by atoms with Gasteiger partial charge in [0.05, 0.1) is 12.1 Å². The molecular weight excluding hydrogens is 213 g/mol. The van der Waals surface area contributed by atoms with E-state index in [-0.39, 0.29) is 4.70 Å². The van der Waals surface area contributed by atoms with Gasteiger partial charge >= 0.3 is 6.09 Å². The fraction of sp³-hybridized carbons (Fsp3) is 0.125. The van der Waals surface area contributed by atoms with Crippen molar-refractivity contribution in [3.8, 4) is 5.75 Å². The lowest BCUT2D eigenvalue weighted by molar-refractivity contribution is 0.209. The monoisotopic (exact) mass is 221 g/mol. The molecular formula is C8H9ClFNO3. The Morgan fingerprint density at radius 2 is 2.21 bits per heavy atom. The Bertz CT molecular complexity index is 332. The molecule has 0 saturated heterocycles. The van der Waals surface area contributed by atoms with Crippen molar-refractivity contribution in [1.82, 2.24) is 0 Å². The normalized spacial score (nSPS) is 8.71. The van der Waals surface area contributed by atoms with Gasteiger partial charge in [-0.15, -0.1) is 0 Å². The van der Waals surface area contributed by atoms with E-state index in [4.69, 9.17) is 21.4 Å². The number of anilines is 1. The standard InChI is InChI=1S/C8H8ClNO3.FH/c1-13-7-3-2-5(4-6(7)9)10-8(11)12;/h2-4,10H,1H3,(H,11,12);1H. The van der Waals surface area contributed by atoms with Crippen molar-refractivity contribution in [2.45, 2.75) is 0 Å². The van der Waals surface area contributed by atoms with Crippen molar-refractivity contribution in [1.29, 1.82) is 0 Å². The number of carbonyl (C=O) groups is 1. The van der Waals surface area contributed by atoms with Gasteiger partial charge in [0.2, 0.25) is 0 Å². The number of carboxylic acid groups (broad SMARTS) is 1. The molecule has 0 aliphatic heterocycles. The third-order valence-corrected chi connectivity index (χ3v) is 1.70. The first-order chi connectivity index (χ1) is 6.13. The summed E-state index contributed by atoms with van der Waals surface area (Å²) in [7, 11) is 1.49. The third-order valence-electron chi connectivity index (χ3n) is 1.40. The maximum Gasteiger partial charge on any atom is 0.409 e. The molecule has 6 heteroatoms. The Balaban J connectivity index is 0.00000169. The number of amides is 1. The molecule has 0 aromatic heterocycles. The van der Waals surface area contributed by atoms with E-state index < -0.39 is 6.09 Å². The topological polar surface area (TPSA) is 58.6 Å². The molecule has 0 bridgehead atoms. The van der Waals surface area contributed by atoms with Crippen LogP contribution >= 0.6 is 11.6 Å². The van der Waals surface area contributed by atoms with E-state index in [1.54, 1.807) is 12.1 Å². The maximum atomic E-state index is 10.2. The first-order valence-corrected chi connectivity index (χ1v) is 3.85. The van der Waals surface area contributed by atoms with Crippen LogP contribution in [0.15, 0.2) is 18.2 Å². The van der Waals surface area contributed by atoms with E-state index in [2.05, 4.69) is 5.32 Å². The Hall–Kier alpha value is -1.49. The summed E-state index contributed by atoms with van der Waals surface area (Å²) >= 11 is 5.76. The Labute approximate surface area is 84.8 Å². The minimum absolute atomic E-state index is 0. The Morgan fingerprint density at radius 3 is 2.64 bits per heavy atom. The van der Waals surface area contributed by atoms with Gasteiger partial charge in [-0.05, 0) is 18.2 Å². The van der Waals surface area contributed by atoms with Gasteiger partial charge in [-0.25, -0.2) is 4.79 Å². The lowest BCUT2D eigenvalue weighted by atomic mass is 10.3. The number of benzene rings is 1. The fourth-order valence-electron chi connectivity index (χ4n) is 0.868. The van der Waals surface area contributed by atoms with Crippen molar-refractivity contribution >= 4 is 23.4 Å². The second-order valence-corrected chi connectivity index (χ2v) is 2.69. The molecule has 0 saturated carbocycles. The molecule has 2 N–H and O–H groups in total. The number of methoxy groups -OCH3 is 1. The van der Waals surface area contributed by atoms with Crippen LogP contribution in [-0.2, 0) is 0 Å². The summed E-state index contributed by atoms with van der Waals surface area (Å²) in [5.74, 6) is 0.512. The Kier molecular flexibility index (Phi) is 4.72. The van der Waals surface area contributed by atoms with Gasteiger partial charge in [0.1, 0.15) is 5.75 Å². The third kappa shape index (κ3) is 3.10. The summed E-state index contributed by atoms with van der Waals surface area (Å²) in [6.07, 6.45) is -1.12. The van der Waals surface area contributed by atoms with E-state index >= 15 is 0 Å². The number of hydrogen-bond donors (Lipinski definition) is 2. The van der Waals surface area contributed by atoms with Crippen molar-refractivity contribution < 1.29 is 19.3 Å². The maximum absolute atomic E-state index is 10.2. The minimum atomic E-state index is -1.12. The zero-order valence-corrected chi connectivity index (χ0v) is 8.04. The molecule has 1 rings (SSSR count). The predicted octanol–water partition coefficient (Wildman–Crippen LogP) is 2.59. The zero-order chi connectivity index (χ0) is 9.84. The summed E-state index contributed by atoms with van der Waals surface area (Å²) in [5, 5.41) is 10.9. The first-order valence-electron chi connectivity index (χ1n) is 3.47. The van der Waals surface area contributed by atoms with Crippen LogP contribution in [0.4, 0.5) is 15.2 Å². The van der Waals surface area contributed by atoms with Crippen molar-refractivity contribution in [3.63, 3.8) is 0 Å². The summed E-state index contributed by atoms with van der Waals surface area (Å²) in [6, 6.07) is 4.64. The quantitative estimate of drug-likeness (QED) is 0.807.